The molecule has 2 saturated heterocycles. The molecule has 0 amide bonds. The van der Waals surface area contributed by atoms with Crippen LogP contribution in [-0.4, -0.2) is 54.5 Å². The Morgan fingerprint density at radius 1 is 1.29 bits per heavy atom. The summed E-state index contributed by atoms with van der Waals surface area (Å²) in [6.07, 6.45) is 0.565. The largest absolute Gasteiger partial charge is 0.462 e. The van der Waals surface area contributed by atoms with Crippen LogP contribution in [0.25, 0.3) is 0 Å². The van der Waals surface area contributed by atoms with Gasteiger partial charge in [0, 0.05) is 12.5 Å². The third-order valence-electron chi connectivity index (χ3n) is 4.82. The van der Waals surface area contributed by atoms with Gasteiger partial charge >= 0.3 is 13.7 Å². The molecule has 1 aromatic rings. The molecular weight excluding hydrogens is 383 g/mol. The first-order valence-corrected chi connectivity index (χ1v) is 11.1. The highest BCUT2D eigenvalue weighted by molar-refractivity contribution is 7.52. The molecule has 3 rings (SSSR count). The van der Waals surface area contributed by atoms with E-state index in [1.807, 2.05) is 4.90 Å². The van der Waals surface area contributed by atoms with Crippen molar-refractivity contribution in [3.8, 4) is 5.75 Å². The summed E-state index contributed by atoms with van der Waals surface area (Å²) in [5.74, 6) is -0.0710. The van der Waals surface area contributed by atoms with Crippen LogP contribution < -0.4 is 9.61 Å². The predicted molar refractivity (Wildman–Crippen MR) is 103 cm³/mol. The Bertz CT molecular complexity index is 756. The number of rotatable bonds is 9. The number of piperidine rings is 1. The molecule has 2 heterocycles. The van der Waals surface area contributed by atoms with Gasteiger partial charge in [0.2, 0.25) is 0 Å². The smallest absolute Gasteiger partial charge is 0.459 e. The second-order valence-electron chi connectivity index (χ2n) is 7.43. The number of para-hydroxylation sites is 1. The molecule has 5 atom stereocenters. The normalized spacial score (nSPS) is 26.9. The highest BCUT2D eigenvalue weighted by atomic mass is 31.2. The summed E-state index contributed by atoms with van der Waals surface area (Å²) in [6.45, 7) is 6.49. The van der Waals surface area contributed by atoms with Gasteiger partial charge in [-0.2, -0.15) is 5.09 Å². The van der Waals surface area contributed by atoms with Crippen molar-refractivity contribution >= 4 is 19.5 Å². The number of carbonyl (C=O) groups is 2. The number of ether oxygens (including phenoxy) is 1. The maximum absolute atomic E-state index is 13.4. The fourth-order valence-corrected chi connectivity index (χ4v) is 4.94. The highest BCUT2D eigenvalue weighted by Gasteiger charge is 2.46. The molecule has 0 spiro atoms. The monoisotopic (exact) mass is 410 g/mol. The second-order valence-corrected chi connectivity index (χ2v) is 9.13. The average molecular weight is 410 g/mol. The number of carbonyl (C=O) groups excluding carboxylic acids is 2. The molecule has 154 valence electrons. The van der Waals surface area contributed by atoms with Gasteiger partial charge in [-0.25, -0.2) is 4.57 Å². The number of fused-ring (bicyclic) bond motifs is 2. The standard InChI is InChI=1S/C19H27N2O6P/c1-13(2)26-19(23)14(3)20-28(24,27-16-7-5-4-6-8-16)25-12-17-18(22)15-9-10-21(17)11-15/h4-8,13-15,17H,9-12H2,1-3H3,(H,20,24)/t14-,15-,17+,28?/m0/s1. The molecular formula is C19H27N2O6P. The van der Waals surface area contributed by atoms with Crippen LogP contribution in [-0.2, 0) is 23.4 Å². The van der Waals surface area contributed by atoms with Crippen LogP contribution in [0.5, 0.6) is 5.75 Å². The molecule has 2 bridgehead atoms. The van der Waals surface area contributed by atoms with Gasteiger partial charge in [-0.15, -0.1) is 0 Å². The molecule has 2 fully saturated rings. The molecule has 8 nitrogen and oxygen atoms in total. The summed E-state index contributed by atoms with van der Waals surface area (Å²) in [6, 6.07) is 7.22. The Kier molecular flexibility index (Phi) is 6.55. The van der Waals surface area contributed by atoms with Crippen LogP contribution in [0.4, 0.5) is 0 Å². The minimum absolute atomic E-state index is 0.0379. The third-order valence-corrected chi connectivity index (χ3v) is 6.46. The van der Waals surface area contributed by atoms with Crippen LogP contribution in [0.15, 0.2) is 30.3 Å². The molecule has 0 radical (unpaired) electrons. The van der Waals surface area contributed by atoms with Gasteiger partial charge in [0.1, 0.15) is 11.8 Å². The Morgan fingerprint density at radius 3 is 2.61 bits per heavy atom. The van der Waals surface area contributed by atoms with Crippen LogP contribution in [0.2, 0.25) is 0 Å². The van der Waals surface area contributed by atoms with Gasteiger partial charge < -0.3 is 9.26 Å². The number of nitrogens with zero attached hydrogens (tertiary/aromatic N) is 1. The van der Waals surface area contributed by atoms with E-state index < -0.39 is 25.8 Å². The van der Waals surface area contributed by atoms with E-state index >= 15 is 0 Å². The first-order valence-electron chi connectivity index (χ1n) is 9.53. The molecule has 1 N–H and O–H groups in total. The van der Waals surface area contributed by atoms with Crippen molar-refractivity contribution in [1.82, 2.24) is 9.99 Å². The number of ketones is 1. The van der Waals surface area contributed by atoms with E-state index in [2.05, 4.69) is 5.09 Å². The van der Waals surface area contributed by atoms with Gasteiger partial charge in [0.15, 0.2) is 5.78 Å². The molecule has 0 aromatic heterocycles. The first-order chi connectivity index (χ1) is 13.3. The van der Waals surface area contributed by atoms with Crippen molar-refractivity contribution in [3.05, 3.63) is 30.3 Å². The van der Waals surface area contributed by atoms with Crippen molar-refractivity contribution in [2.45, 2.75) is 45.4 Å². The Hall–Kier alpha value is -1.73. The quantitative estimate of drug-likeness (QED) is 0.490. The van der Waals surface area contributed by atoms with Crippen molar-refractivity contribution in [2.24, 2.45) is 5.92 Å². The van der Waals surface area contributed by atoms with E-state index in [9.17, 15) is 14.2 Å². The maximum atomic E-state index is 13.4. The van der Waals surface area contributed by atoms with E-state index in [1.165, 1.54) is 6.92 Å². The van der Waals surface area contributed by atoms with Crippen molar-refractivity contribution in [2.75, 3.05) is 19.7 Å². The Morgan fingerprint density at radius 2 is 2.00 bits per heavy atom. The van der Waals surface area contributed by atoms with Gasteiger partial charge in [-0.1, -0.05) is 18.2 Å². The van der Waals surface area contributed by atoms with Crippen LogP contribution in [0, 0.1) is 5.92 Å². The lowest BCUT2D eigenvalue weighted by molar-refractivity contribution is -0.149. The zero-order chi connectivity index (χ0) is 20.3. The van der Waals surface area contributed by atoms with Gasteiger partial charge in [-0.05, 0) is 45.9 Å². The van der Waals surface area contributed by atoms with Crippen LogP contribution >= 0.6 is 7.75 Å². The molecule has 28 heavy (non-hydrogen) atoms. The molecule has 0 aliphatic carbocycles. The van der Waals surface area contributed by atoms with Gasteiger partial charge in [0.05, 0.1) is 18.8 Å². The molecule has 9 heteroatoms. The average Bonchev–Trinajstić information content (AvgIpc) is 3.22. The van der Waals surface area contributed by atoms with Crippen LogP contribution in [0.3, 0.4) is 0 Å². The van der Waals surface area contributed by atoms with Crippen molar-refractivity contribution in [3.63, 3.8) is 0 Å². The summed E-state index contributed by atoms with van der Waals surface area (Å²) in [5, 5.41) is 2.64. The number of hydrogen-bond acceptors (Lipinski definition) is 7. The zero-order valence-electron chi connectivity index (χ0n) is 16.4. The van der Waals surface area contributed by atoms with Crippen molar-refractivity contribution in [1.29, 1.82) is 0 Å². The fraction of sp³-hybridized carbons (Fsp3) is 0.579. The second kappa shape index (κ2) is 8.74. The zero-order valence-corrected chi connectivity index (χ0v) is 17.3. The van der Waals surface area contributed by atoms with Gasteiger partial charge in [0.25, 0.3) is 0 Å². The SMILES string of the molecule is CC(C)OC(=O)[C@H](C)NP(=O)(OC[C@@H]1C(=O)[C@H]2CCN1C2)Oc1ccccc1. The van der Waals surface area contributed by atoms with E-state index in [0.29, 0.717) is 5.75 Å². The van der Waals surface area contributed by atoms with Gasteiger partial charge in [-0.3, -0.25) is 19.0 Å². The summed E-state index contributed by atoms with van der Waals surface area (Å²) in [5.41, 5.74) is 0. The molecule has 2 unspecified atom stereocenters. The Balaban J connectivity index is 1.69. The number of esters is 1. The summed E-state index contributed by atoms with van der Waals surface area (Å²) < 4.78 is 29.7. The minimum atomic E-state index is -3.93. The lowest BCUT2D eigenvalue weighted by atomic mass is 9.99. The molecule has 0 saturated carbocycles. The number of benzene rings is 1. The van der Waals surface area contributed by atoms with E-state index in [1.54, 1.807) is 44.2 Å². The maximum Gasteiger partial charge on any atom is 0.459 e. The Labute approximate surface area is 165 Å². The highest BCUT2D eigenvalue weighted by Crippen LogP contribution is 2.46. The summed E-state index contributed by atoms with van der Waals surface area (Å²) >= 11 is 0. The summed E-state index contributed by atoms with van der Waals surface area (Å²) in [4.78, 5) is 26.5. The number of nitrogens with one attached hydrogen (secondary N) is 1. The van der Waals surface area contributed by atoms with Crippen LogP contribution in [0.1, 0.15) is 27.2 Å². The predicted octanol–water partition coefficient (Wildman–Crippen LogP) is 2.39. The minimum Gasteiger partial charge on any atom is -0.462 e. The first kappa shape index (κ1) is 21.0. The topological polar surface area (TPSA) is 94.2 Å². The lowest BCUT2D eigenvalue weighted by Crippen LogP contribution is -2.41. The molecule has 2 aliphatic heterocycles. The number of Topliss-reactive ketones (excluding diaryl/α,β-unsaturated/α-hetero) is 1. The fourth-order valence-electron chi connectivity index (χ4n) is 3.45. The lowest BCUT2D eigenvalue weighted by Gasteiger charge is -2.27. The number of hydrogen-bond donors (Lipinski definition) is 1. The molecule has 1 aromatic carbocycles. The van der Waals surface area contributed by atoms with E-state index in [4.69, 9.17) is 13.8 Å². The molecule has 2 aliphatic rings. The van der Waals surface area contributed by atoms with Crippen molar-refractivity contribution < 1.29 is 27.9 Å². The van der Waals surface area contributed by atoms with E-state index in [0.717, 1.165) is 19.5 Å². The summed E-state index contributed by atoms with van der Waals surface area (Å²) in [7, 11) is -3.93. The third kappa shape index (κ3) is 5.00. The van der Waals surface area contributed by atoms with E-state index in [-0.39, 0.29) is 24.4 Å².